The van der Waals surface area contributed by atoms with Crippen molar-refractivity contribution >= 4 is 6.09 Å². The molecule has 3 N–H and O–H groups in total. The Morgan fingerprint density at radius 3 is 2.59 bits per heavy atom. The van der Waals surface area contributed by atoms with Gasteiger partial charge >= 0.3 is 6.09 Å². The van der Waals surface area contributed by atoms with Gasteiger partial charge in [-0.15, -0.1) is 0 Å². The number of pyridine rings is 1. The molecule has 1 rings (SSSR count). The molecule has 0 saturated carbocycles. The largest absolute Gasteiger partial charge is 0.444 e. The number of alkyl carbamates (subject to hydrolysis) is 1. The van der Waals surface area contributed by atoms with E-state index in [1.165, 1.54) is 6.07 Å². The Morgan fingerprint density at radius 1 is 1.41 bits per heavy atom. The van der Waals surface area contributed by atoms with Gasteiger partial charge in [0.25, 0.3) is 0 Å². The molecule has 2 unspecified atom stereocenters. The number of rotatable bonds is 5. The highest BCUT2D eigenvalue weighted by Crippen LogP contribution is 2.21. The molecule has 0 aliphatic rings. The van der Waals surface area contributed by atoms with Crippen LogP contribution >= 0.6 is 0 Å². The molecule has 0 bridgehead atoms. The zero-order valence-electron chi connectivity index (χ0n) is 13.3. The molecule has 0 saturated heterocycles. The number of amides is 1. The summed E-state index contributed by atoms with van der Waals surface area (Å²) in [5.41, 5.74) is 0.0665. The number of aliphatic hydroxyl groups excluding tert-OH is 2. The van der Waals surface area contributed by atoms with Crippen LogP contribution in [0.5, 0.6) is 0 Å². The number of aliphatic hydroxyl groups is 2. The fraction of sp³-hybridized carbons (Fsp3) is 0.600. The van der Waals surface area contributed by atoms with Gasteiger partial charge in [-0.25, -0.2) is 9.78 Å². The van der Waals surface area contributed by atoms with Gasteiger partial charge in [0, 0.05) is 17.8 Å². The molecule has 0 aliphatic heterocycles. The second-order valence-corrected chi connectivity index (χ2v) is 6.04. The van der Waals surface area contributed by atoms with Crippen molar-refractivity contribution in [2.45, 2.75) is 51.9 Å². The van der Waals surface area contributed by atoms with Gasteiger partial charge in [0.1, 0.15) is 11.7 Å². The van der Waals surface area contributed by atoms with Gasteiger partial charge in [0.05, 0.1) is 6.10 Å². The maximum absolute atomic E-state index is 12.9. The summed E-state index contributed by atoms with van der Waals surface area (Å²) in [7, 11) is 0. The van der Waals surface area contributed by atoms with Crippen LogP contribution in [0, 0.1) is 12.9 Å². The van der Waals surface area contributed by atoms with Crippen LogP contribution in [0.1, 0.15) is 44.6 Å². The molecule has 0 aromatic carbocycles. The molecule has 1 heterocycles. The first-order chi connectivity index (χ1) is 10.1. The molecule has 1 aromatic heterocycles. The molecule has 124 valence electrons. The molecule has 0 spiro atoms. The Hall–Kier alpha value is -1.73. The van der Waals surface area contributed by atoms with E-state index < -0.39 is 29.8 Å². The van der Waals surface area contributed by atoms with Gasteiger partial charge in [-0.2, -0.15) is 4.39 Å². The molecule has 0 aliphatic carbocycles. The first-order valence-electron chi connectivity index (χ1n) is 7.06. The van der Waals surface area contributed by atoms with E-state index in [1.807, 2.05) is 0 Å². The summed E-state index contributed by atoms with van der Waals surface area (Å²) < 4.78 is 18.0. The summed E-state index contributed by atoms with van der Waals surface area (Å²) in [6.07, 6.45) is -2.78. The lowest BCUT2D eigenvalue weighted by Crippen LogP contribution is -2.34. The minimum atomic E-state index is -1.20. The number of hydrogen-bond donors (Lipinski definition) is 3. The molecule has 22 heavy (non-hydrogen) atoms. The van der Waals surface area contributed by atoms with Crippen LogP contribution in [0.25, 0.3) is 0 Å². The average Bonchev–Trinajstić information content (AvgIpc) is 2.35. The zero-order chi connectivity index (χ0) is 16.9. The maximum atomic E-state index is 12.9. The van der Waals surface area contributed by atoms with Crippen molar-refractivity contribution < 1.29 is 24.1 Å². The number of carbonyl (C=O) groups excluding carboxylic acids is 1. The smallest absolute Gasteiger partial charge is 0.407 e. The van der Waals surface area contributed by atoms with E-state index in [2.05, 4.69) is 10.3 Å². The third-order valence-electron chi connectivity index (χ3n) is 2.88. The number of nitrogens with zero attached hydrogens (tertiary/aromatic N) is 1. The van der Waals surface area contributed by atoms with E-state index in [0.717, 1.165) is 6.07 Å². The van der Waals surface area contributed by atoms with Crippen LogP contribution in [0.15, 0.2) is 12.1 Å². The van der Waals surface area contributed by atoms with E-state index in [0.29, 0.717) is 11.3 Å². The van der Waals surface area contributed by atoms with E-state index in [-0.39, 0.29) is 13.0 Å². The van der Waals surface area contributed by atoms with E-state index in [9.17, 15) is 19.4 Å². The van der Waals surface area contributed by atoms with Gasteiger partial charge < -0.3 is 20.3 Å². The number of ether oxygens (including phenoxy) is 1. The third kappa shape index (κ3) is 5.95. The first kappa shape index (κ1) is 18.3. The van der Waals surface area contributed by atoms with Crippen molar-refractivity contribution in [1.29, 1.82) is 0 Å². The van der Waals surface area contributed by atoms with Crippen molar-refractivity contribution in [3.63, 3.8) is 0 Å². The Labute approximate surface area is 129 Å². The minimum absolute atomic E-state index is 0.122. The fourth-order valence-electron chi connectivity index (χ4n) is 1.86. The van der Waals surface area contributed by atoms with E-state index in [4.69, 9.17) is 4.74 Å². The van der Waals surface area contributed by atoms with Crippen LogP contribution in [0.4, 0.5) is 9.18 Å². The maximum Gasteiger partial charge on any atom is 0.407 e. The summed E-state index contributed by atoms with van der Waals surface area (Å²) in [4.78, 5) is 15.0. The van der Waals surface area contributed by atoms with Crippen LogP contribution in [-0.4, -0.2) is 39.5 Å². The molecule has 1 amide bonds. The van der Waals surface area contributed by atoms with Crippen molar-refractivity contribution in [1.82, 2.24) is 10.3 Å². The summed E-state index contributed by atoms with van der Waals surface area (Å²) in [6.45, 7) is 6.93. The van der Waals surface area contributed by atoms with Crippen LogP contribution in [0.2, 0.25) is 0 Å². The van der Waals surface area contributed by atoms with Crippen molar-refractivity contribution in [2.75, 3.05) is 6.54 Å². The zero-order valence-corrected chi connectivity index (χ0v) is 13.3. The molecule has 6 nitrogen and oxygen atoms in total. The second kappa shape index (κ2) is 7.51. The van der Waals surface area contributed by atoms with Gasteiger partial charge in [-0.05, 0) is 46.2 Å². The van der Waals surface area contributed by atoms with Gasteiger partial charge in [0.15, 0.2) is 0 Å². The van der Waals surface area contributed by atoms with Gasteiger partial charge in [-0.1, -0.05) is 0 Å². The van der Waals surface area contributed by atoms with E-state index >= 15 is 0 Å². The topological polar surface area (TPSA) is 91.7 Å². The van der Waals surface area contributed by atoms with Crippen molar-refractivity contribution in [3.8, 4) is 0 Å². The summed E-state index contributed by atoms with van der Waals surface area (Å²) in [5, 5.41) is 22.5. The molecule has 0 radical (unpaired) electrons. The quantitative estimate of drug-likeness (QED) is 0.721. The number of nitrogens with one attached hydrogen (secondary N) is 1. The Balaban J connectivity index is 2.48. The normalized spacial score (nSPS) is 14.3. The van der Waals surface area contributed by atoms with Gasteiger partial charge in [0.2, 0.25) is 5.95 Å². The molecular weight excluding hydrogens is 291 g/mol. The van der Waals surface area contributed by atoms with Crippen LogP contribution < -0.4 is 5.32 Å². The number of hydrogen-bond acceptors (Lipinski definition) is 5. The van der Waals surface area contributed by atoms with Crippen LogP contribution in [0.3, 0.4) is 0 Å². The van der Waals surface area contributed by atoms with E-state index in [1.54, 1.807) is 27.7 Å². The van der Waals surface area contributed by atoms with Gasteiger partial charge in [-0.3, -0.25) is 0 Å². The monoisotopic (exact) mass is 314 g/mol. The highest BCUT2D eigenvalue weighted by molar-refractivity contribution is 5.67. The SMILES string of the molecule is Cc1nc(F)ccc1C(O)C(O)CCNC(=O)OC(C)(C)C. The fourth-order valence-corrected chi connectivity index (χ4v) is 1.86. The lowest BCUT2D eigenvalue weighted by Gasteiger charge is -2.21. The lowest BCUT2D eigenvalue weighted by molar-refractivity contribution is 0.0116. The summed E-state index contributed by atoms with van der Waals surface area (Å²) >= 11 is 0. The minimum Gasteiger partial charge on any atom is -0.444 e. The predicted octanol–water partition coefficient (Wildman–Crippen LogP) is 1.84. The summed E-state index contributed by atoms with van der Waals surface area (Å²) in [5.74, 6) is -0.644. The average molecular weight is 314 g/mol. The van der Waals surface area contributed by atoms with Crippen molar-refractivity contribution in [2.24, 2.45) is 0 Å². The number of carbonyl (C=O) groups is 1. The second-order valence-electron chi connectivity index (χ2n) is 6.04. The standard InChI is InChI=1S/C15H23FN2O4/c1-9-10(5-6-12(16)18-9)13(20)11(19)7-8-17-14(21)22-15(2,3)4/h5-6,11,13,19-20H,7-8H2,1-4H3,(H,17,21). The Bertz CT molecular complexity index is 517. The first-order valence-corrected chi connectivity index (χ1v) is 7.06. The number of aryl methyl sites for hydroxylation is 1. The Morgan fingerprint density at radius 2 is 2.05 bits per heavy atom. The highest BCUT2D eigenvalue weighted by atomic mass is 19.1. The number of halogens is 1. The number of aromatic nitrogens is 1. The predicted molar refractivity (Wildman–Crippen MR) is 78.8 cm³/mol. The molecule has 1 aromatic rings. The highest BCUT2D eigenvalue weighted by Gasteiger charge is 2.21. The molecular formula is C15H23FN2O4. The third-order valence-corrected chi connectivity index (χ3v) is 2.88. The molecule has 0 fully saturated rings. The Kier molecular flexibility index (Phi) is 6.25. The summed E-state index contributed by atoms with van der Waals surface area (Å²) in [6, 6.07) is 2.50. The molecule has 2 atom stereocenters. The molecule has 7 heteroatoms. The van der Waals surface area contributed by atoms with Crippen LogP contribution in [-0.2, 0) is 4.74 Å². The van der Waals surface area contributed by atoms with Crippen molar-refractivity contribution in [3.05, 3.63) is 29.3 Å². The lowest BCUT2D eigenvalue weighted by atomic mass is 10.0.